The minimum atomic E-state index is 0.0368. The Balaban J connectivity index is 2.18. The Hall–Kier alpha value is -1.03. The second-order valence-corrected chi connectivity index (χ2v) is 5.64. The van der Waals surface area contributed by atoms with Crippen molar-refractivity contribution in [2.45, 2.75) is 13.2 Å². The number of aliphatic hydroxyl groups is 1. The van der Waals surface area contributed by atoms with E-state index in [0.29, 0.717) is 0 Å². The predicted octanol–water partition coefficient (Wildman–Crippen LogP) is 4.23. The molecule has 2 aromatic carbocycles. The molecule has 0 atom stereocenters. The maximum atomic E-state index is 9.16. The molecule has 2 nitrogen and oxygen atoms in total. The Bertz CT molecular complexity index is 574. The molecule has 19 heavy (non-hydrogen) atoms. The molecule has 0 aliphatic carbocycles. The third-order valence-electron chi connectivity index (χ3n) is 3.01. The highest BCUT2D eigenvalue weighted by molar-refractivity contribution is 9.10. The molecule has 0 heterocycles. The van der Waals surface area contributed by atoms with E-state index in [2.05, 4.69) is 20.8 Å². The lowest BCUT2D eigenvalue weighted by Gasteiger charge is -2.21. The molecule has 0 spiro atoms. The molecule has 0 saturated heterocycles. The van der Waals surface area contributed by atoms with Gasteiger partial charge in [0.05, 0.1) is 6.61 Å². The van der Waals surface area contributed by atoms with Crippen molar-refractivity contribution >= 4 is 33.2 Å². The third kappa shape index (κ3) is 3.50. The SMILES string of the molecule is CN(Cc1ccccc1Cl)c1ccc(CO)c(Br)c1. The highest BCUT2D eigenvalue weighted by Crippen LogP contribution is 2.25. The Morgan fingerprint density at radius 2 is 1.89 bits per heavy atom. The number of hydrogen-bond donors (Lipinski definition) is 1. The summed E-state index contributed by atoms with van der Waals surface area (Å²) in [6.07, 6.45) is 0. The van der Waals surface area contributed by atoms with Gasteiger partial charge in [0.15, 0.2) is 0 Å². The topological polar surface area (TPSA) is 23.5 Å². The fourth-order valence-electron chi connectivity index (χ4n) is 1.88. The average molecular weight is 341 g/mol. The molecule has 0 aromatic heterocycles. The van der Waals surface area contributed by atoms with Crippen LogP contribution in [0.5, 0.6) is 0 Å². The second kappa shape index (κ2) is 6.42. The van der Waals surface area contributed by atoms with Gasteiger partial charge >= 0.3 is 0 Å². The molecule has 2 rings (SSSR count). The van der Waals surface area contributed by atoms with Crippen LogP contribution in [0.2, 0.25) is 5.02 Å². The fourth-order valence-corrected chi connectivity index (χ4v) is 2.56. The standard InChI is InChI=1S/C15H15BrClNO/c1-18(9-11-4-2-3-5-15(11)17)13-7-6-12(10-19)14(16)8-13/h2-8,19H,9-10H2,1H3. The summed E-state index contributed by atoms with van der Waals surface area (Å²) < 4.78 is 0.915. The normalized spacial score (nSPS) is 10.5. The molecule has 0 bridgehead atoms. The van der Waals surface area contributed by atoms with Crippen LogP contribution in [0.4, 0.5) is 5.69 Å². The van der Waals surface area contributed by atoms with Gasteiger partial charge in [-0.05, 0) is 29.3 Å². The lowest BCUT2D eigenvalue weighted by molar-refractivity contribution is 0.281. The Morgan fingerprint density at radius 3 is 2.53 bits per heavy atom. The first-order chi connectivity index (χ1) is 9.11. The lowest BCUT2D eigenvalue weighted by Crippen LogP contribution is -2.16. The van der Waals surface area contributed by atoms with Gasteiger partial charge in [0.2, 0.25) is 0 Å². The van der Waals surface area contributed by atoms with Crippen molar-refractivity contribution in [3.05, 3.63) is 63.1 Å². The molecular weight excluding hydrogens is 326 g/mol. The van der Waals surface area contributed by atoms with Crippen molar-refractivity contribution in [1.29, 1.82) is 0 Å². The first-order valence-electron chi connectivity index (χ1n) is 5.95. The molecular formula is C15H15BrClNO. The van der Waals surface area contributed by atoms with Gasteiger partial charge in [0.25, 0.3) is 0 Å². The van der Waals surface area contributed by atoms with Gasteiger partial charge in [0, 0.05) is 28.8 Å². The highest BCUT2D eigenvalue weighted by atomic mass is 79.9. The molecule has 0 radical (unpaired) electrons. The second-order valence-electron chi connectivity index (χ2n) is 4.38. The van der Waals surface area contributed by atoms with Crippen molar-refractivity contribution in [3.63, 3.8) is 0 Å². The number of aliphatic hydroxyl groups excluding tert-OH is 1. The van der Waals surface area contributed by atoms with E-state index < -0.39 is 0 Å². The van der Waals surface area contributed by atoms with Gasteiger partial charge in [-0.25, -0.2) is 0 Å². The van der Waals surface area contributed by atoms with Crippen LogP contribution in [0.15, 0.2) is 46.9 Å². The molecule has 2 aromatic rings. The van der Waals surface area contributed by atoms with Crippen molar-refractivity contribution in [2.75, 3.05) is 11.9 Å². The van der Waals surface area contributed by atoms with Crippen molar-refractivity contribution in [3.8, 4) is 0 Å². The Morgan fingerprint density at radius 1 is 1.16 bits per heavy atom. The van der Waals surface area contributed by atoms with Gasteiger partial charge in [0.1, 0.15) is 0 Å². The van der Waals surface area contributed by atoms with Gasteiger partial charge in [-0.1, -0.05) is 51.8 Å². The number of anilines is 1. The van der Waals surface area contributed by atoms with E-state index in [1.165, 1.54) is 0 Å². The number of hydrogen-bond acceptors (Lipinski definition) is 2. The van der Waals surface area contributed by atoms with Crippen LogP contribution in [0.3, 0.4) is 0 Å². The first kappa shape index (κ1) is 14.4. The zero-order valence-electron chi connectivity index (χ0n) is 10.6. The number of rotatable bonds is 4. The summed E-state index contributed by atoms with van der Waals surface area (Å²) in [4.78, 5) is 2.12. The molecule has 0 aliphatic heterocycles. The van der Waals surface area contributed by atoms with Crippen molar-refractivity contribution in [1.82, 2.24) is 0 Å². The van der Waals surface area contributed by atoms with E-state index >= 15 is 0 Å². The zero-order valence-corrected chi connectivity index (χ0v) is 12.9. The van der Waals surface area contributed by atoms with Gasteiger partial charge < -0.3 is 10.0 Å². The van der Waals surface area contributed by atoms with Crippen LogP contribution in [0.25, 0.3) is 0 Å². The summed E-state index contributed by atoms with van der Waals surface area (Å²) >= 11 is 9.63. The van der Waals surface area contributed by atoms with E-state index in [4.69, 9.17) is 16.7 Å². The van der Waals surface area contributed by atoms with E-state index in [-0.39, 0.29) is 6.61 Å². The van der Waals surface area contributed by atoms with Crippen LogP contribution in [0, 0.1) is 0 Å². The summed E-state index contributed by atoms with van der Waals surface area (Å²) in [6.45, 7) is 0.777. The van der Waals surface area contributed by atoms with Gasteiger partial charge in [-0.15, -0.1) is 0 Å². The summed E-state index contributed by atoms with van der Waals surface area (Å²) in [5, 5.41) is 9.94. The average Bonchev–Trinajstić information content (AvgIpc) is 2.41. The number of halogens is 2. The Kier molecular flexibility index (Phi) is 4.86. The quantitative estimate of drug-likeness (QED) is 0.900. The molecule has 4 heteroatoms. The van der Waals surface area contributed by atoms with Crippen molar-refractivity contribution < 1.29 is 5.11 Å². The van der Waals surface area contributed by atoms with E-state index in [0.717, 1.165) is 32.9 Å². The van der Waals surface area contributed by atoms with Gasteiger partial charge in [-0.2, -0.15) is 0 Å². The number of nitrogens with zero attached hydrogens (tertiary/aromatic N) is 1. The van der Waals surface area contributed by atoms with Crippen LogP contribution in [-0.2, 0) is 13.2 Å². The maximum absolute atomic E-state index is 9.16. The van der Waals surface area contributed by atoms with Crippen LogP contribution in [-0.4, -0.2) is 12.2 Å². The van der Waals surface area contributed by atoms with E-state index in [1.807, 2.05) is 49.5 Å². The maximum Gasteiger partial charge on any atom is 0.0692 e. The van der Waals surface area contributed by atoms with Crippen LogP contribution >= 0.6 is 27.5 Å². The molecule has 0 saturated carbocycles. The van der Waals surface area contributed by atoms with E-state index in [1.54, 1.807) is 0 Å². The fraction of sp³-hybridized carbons (Fsp3) is 0.200. The third-order valence-corrected chi connectivity index (χ3v) is 4.12. The van der Waals surface area contributed by atoms with E-state index in [9.17, 15) is 0 Å². The summed E-state index contributed by atoms with van der Waals surface area (Å²) in [5.41, 5.74) is 3.05. The molecule has 0 aliphatic rings. The molecule has 1 N–H and O–H groups in total. The summed E-state index contributed by atoms with van der Waals surface area (Å²) in [6, 6.07) is 13.8. The predicted molar refractivity (Wildman–Crippen MR) is 83.6 cm³/mol. The Labute approximate surface area is 126 Å². The first-order valence-corrected chi connectivity index (χ1v) is 7.12. The zero-order chi connectivity index (χ0) is 13.8. The highest BCUT2D eigenvalue weighted by Gasteiger charge is 2.07. The van der Waals surface area contributed by atoms with Crippen LogP contribution in [0.1, 0.15) is 11.1 Å². The largest absolute Gasteiger partial charge is 0.392 e. The lowest BCUT2D eigenvalue weighted by atomic mass is 10.1. The monoisotopic (exact) mass is 339 g/mol. The molecule has 100 valence electrons. The van der Waals surface area contributed by atoms with Crippen LogP contribution < -0.4 is 4.90 Å². The summed E-state index contributed by atoms with van der Waals surface area (Å²) in [7, 11) is 2.02. The molecule has 0 amide bonds. The summed E-state index contributed by atoms with van der Waals surface area (Å²) in [5.74, 6) is 0. The number of benzene rings is 2. The van der Waals surface area contributed by atoms with Crippen molar-refractivity contribution in [2.24, 2.45) is 0 Å². The smallest absolute Gasteiger partial charge is 0.0692 e. The minimum absolute atomic E-state index is 0.0368. The molecule has 0 fully saturated rings. The van der Waals surface area contributed by atoms with Gasteiger partial charge in [-0.3, -0.25) is 0 Å². The minimum Gasteiger partial charge on any atom is -0.392 e. The molecule has 0 unspecified atom stereocenters.